The van der Waals surface area contributed by atoms with Crippen LogP contribution in [-0.4, -0.2) is 19.6 Å². The van der Waals surface area contributed by atoms with E-state index in [4.69, 9.17) is 0 Å². The van der Waals surface area contributed by atoms with Gasteiger partial charge < -0.3 is 10.2 Å². The molecule has 0 radical (unpaired) electrons. The Morgan fingerprint density at radius 3 is 2.79 bits per heavy atom. The third-order valence-corrected chi connectivity index (χ3v) is 4.32. The molecule has 0 bridgehead atoms. The zero-order valence-corrected chi connectivity index (χ0v) is 12.2. The van der Waals surface area contributed by atoms with Gasteiger partial charge in [0.15, 0.2) is 0 Å². The Morgan fingerprint density at radius 2 is 2.11 bits per heavy atom. The van der Waals surface area contributed by atoms with Crippen molar-refractivity contribution in [3.05, 3.63) is 29.6 Å². The minimum Gasteiger partial charge on any atom is -0.371 e. The first kappa shape index (κ1) is 14.3. The molecular weight excluding hydrogens is 239 g/mol. The van der Waals surface area contributed by atoms with Crippen molar-refractivity contribution in [1.29, 1.82) is 0 Å². The molecule has 0 aliphatic carbocycles. The molecule has 2 rings (SSSR count). The van der Waals surface area contributed by atoms with Gasteiger partial charge in [0, 0.05) is 30.9 Å². The minimum atomic E-state index is -0.0928. The van der Waals surface area contributed by atoms with Gasteiger partial charge in [-0.05, 0) is 36.9 Å². The van der Waals surface area contributed by atoms with Crippen molar-refractivity contribution in [1.82, 2.24) is 5.32 Å². The highest BCUT2D eigenvalue weighted by Gasteiger charge is 2.24. The lowest BCUT2D eigenvalue weighted by molar-refractivity contribution is 0.323. The van der Waals surface area contributed by atoms with E-state index >= 15 is 0 Å². The highest BCUT2D eigenvalue weighted by Crippen LogP contribution is 2.30. The molecule has 1 heterocycles. The molecule has 1 aliphatic rings. The Bertz CT molecular complexity index is 419. The molecule has 1 aromatic rings. The predicted molar refractivity (Wildman–Crippen MR) is 78.9 cm³/mol. The summed E-state index contributed by atoms with van der Waals surface area (Å²) in [6.07, 6.45) is 1.19. The molecule has 106 valence electrons. The topological polar surface area (TPSA) is 15.3 Å². The van der Waals surface area contributed by atoms with Crippen molar-refractivity contribution in [3.63, 3.8) is 0 Å². The molecule has 19 heavy (non-hydrogen) atoms. The van der Waals surface area contributed by atoms with Crippen LogP contribution in [0.15, 0.2) is 18.2 Å². The third-order valence-electron chi connectivity index (χ3n) is 4.32. The van der Waals surface area contributed by atoms with Gasteiger partial charge in [-0.25, -0.2) is 4.39 Å². The molecule has 3 heteroatoms. The van der Waals surface area contributed by atoms with E-state index in [1.807, 2.05) is 13.0 Å². The summed E-state index contributed by atoms with van der Waals surface area (Å²) in [6.45, 7) is 10.2. The Morgan fingerprint density at radius 1 is 1.32 bits per heavy atom. The van der Waals surface area contributed by atoms with Gasteiger partial charge in [-0.15, -0.1) is 0 Å². The number of rotatable bonds is 4. The number of hydrogen-bond acceptors (Lipinski definition) is 2. The largest absolute Gasteiger partial charge is 0.371 e. The Labute approximate surface area is 116 Å². The molecule has 1 N–H and O–H groups in total. The maximum absolute atomic E-state index is 14.0. The fraction of sp³-hybridized carbons (Fsp3) is 0.625. The monoisotopic (exact) mass is 264 g/mol. The van der Waals surface area contributed by atoms with E-state index in [-0.39, 0.29) is 5.82 Å². The van der Waals surface area contributed by atoms with Crippen molar-refractivity contribution in [2.24, 2.45) is 11.8 Å². The van der Waals surface area contributed by atoms with Gasteiger partial charge in [-0.1, -0.05) is 26.8 Å². The summed E-state index contributed by atoms with van der Waals surface area (Å²) in [5.74, 6) is 1.34. The quantitative estimate of drug-likeness (QED) is 0.896. The van der Waals surface area contributed by atoms with Crippen LogP contribution in [0.5, 0.6) is 0 Å². The highest BCUT2D eigenvalue weighted by molar-refractivity contribution is 5.54. The van der Waals surface area contributed by atoms with E-state index in [1.54, 1.807) is 6.07 Å². The van der Waals surface area contributed by atoms with Crippen LogP contribution in [0.25, 0.3) is 0 Å². The van der Waals surface area contributed by atoms with E-state index in [9.17, 15) is 4.39 Å². The number of piperidine rings is 1. The second-order valence-corrected chi connectivity index (χ2v) is 5.71. The zero-order chi connectivity index (χ0) is 13.8. The van der Waals surface area contributed by atoms with E-state index in [0.29, 0.717) is 12.5 Å². The second kappa shape index (κ2) is 6.38. The molecule has 1 saturated heterocycles. The summed E-state index contributed by atoms with van der Waals surface area (Å²) in [6, 6.07) is 5.44. The molecule has 1 aliphatic heterocycles. The van der Waals surface area contributed by atoms with Gasteiger partial charge in [0.1, 0.15) is 5.82 Å². The standard InChI is InChI=1S/C16H25FN2/c1-4-18-10-14-15(17)6-5-7-16(14)19-9-8-12(2)13(3)11-19/h5-7,12-13,18H,4,8-11H2,1-3H3. The van der Waals surface area contributed by atoms with Gasteiger partial charge in [-0.3, -0.25) is 0 Å². The van der Waals surface area contributed by atoms with Gasteiger partial charge in [0.25, 0.3) is 0 Å². The molecule has 2 nitrogen and oxygen atoms in total. The lowest BCUT2D eigenvalue weighted by Gasteiger charge is -2.37. The van der Waals surface area contributed by atoms with E-state index < -0.39 is 0 Å². The molecule has 2 unspecified atom stereocenters. The van der Waals surface area contributed by atoms with Gasteiger partial charge in [0.2, 0.25) is 0 Å². The second-order valence-electron chi connectivity index (χ2n) is 5.71. The summed E-state index contributed by atoms with van der Waals surface area (Å²) < 4.78 is 14.0. The molecule has 0 spiro atoms. The van der Waals surface area contributed by atoms with Crippen LogP contribution in [0.2, 0.25) is 0 Å². The molecule has 1 fully saturated rings. The number of anilines is 1. The zero-order valence-electron chi connectivity index (χ0n) is 12.2. The highest BCUT2D eigenvalue weighted by atomic mass is 19.1. The van der Waals surface area contributed by atoms with E-state index in [0.717, 1.165) is 36.8 Å². The minimum absolute atomic E-state index is 0.0928. The van der Waals surface area contributed by atoms with Crippen LogP contribution in [0.4, 0.5) is 10.1 Å². The first-order chi connectivity index (χ1) is 9.13. The summed E-state index contributed by atoms with van der Waals surface area (Å²) in [4.78, 5) is 2.35. The van der Waals surface area contributed by atoms with Crippen LogP contribution in [0, 0.1) is 17.7 Å². The van der Waals surface area contributed by atoms with Crippen LogP contribution in [0.1, 0.15) is 32.8 Å². The number of halogens is 1. The molecule has 2 atom stereocenters. The molecular formula is C16H25FN2. The Kier molecular flexibility index (Phi) is 4.81. The van der Waals surface area contributed by atoms with Gasteiger partial charge in [0.05, 0.1) is 0 Å². The van der Waals surface area contributed by atoms with Crippen LogP contribution >= 0.6 is 0 Å². The fourth-order valence-corrected chi connectivity index (χ4v) is 2.75. The third kappa shape index (κ3) is 3.27. The normalized spacial score (nSPS) is 23.7. The van der Waals surface area contributed by atoms with Crippen LogP contribution < -0.4 is 10.2 Å². The van der Waals surface area contributed by atoms with Crippen LogP contribution in [-0.2, 0) is 6.54 Å². The summed E-state index contributed by atoms with van der Waals surface area (Å²) >= 11 is 0. The number of nitrogens with one attached hydrogen (secondary N) is 1. The Hall–Kier alpha value is -1.09. The van der Waals surface area contributed by atoms with E-state index in [2.05, 4.69) is 30.1 Å². The van der Waals surface area contributed by atoms with Crippen molar-refractivity contribution in [2.45, 2.75) is 33.7 Å². The van der Waals surface area contributed by atoms with Crippen LogP contribution in [0.3, 0.4) is 0 Å². The first-order valence-electron chi connectivity index (χ1n) is 7.36. The van der Waals surface area contributed by atoms with Crippen molar-refractivity contribution in [2.75, 3.05) is 24.5 Å². The van der Waals surface area contributed by atoms with Crippen molar-refractivity contribution in [3.8, 4) is 0 Å². The van der Waals surface area contributed by atoms with Gasteiger partial charge in [-0.2, -0.15) is 0 Å². The fourth-order valence-electron chi connectivity index (χ4n) is 2.75. The van der Waals surface area contributed by atoms with Crippen molar-refractivity contribution < 1.29 is 4.39 Å². The van der Waals surface area contributed by atoms with E-state index in [1.165, 1.54) is 6.42 Å². The molecule has 1 aromatic carbocycles. The first-order valence-corrected chi connectivity index (χ1v) is 7.36. The number of benzene rings is 1. The van der Waals surface area contributed by atoms with Gasteiger partial charge >= 0.3 is 0 Å². The SMILES string of the molecule is CCNCc1c(F)cccc1N1CCC(C)C(C)C1. The van der Waals surface area contributed by atoms with Crippen molar-refractivity contribution >= 4 is 5.69 Å². The lowest BCUT2D eigenvalue weighted by Crippen LogP contribution is -2.39. The summed E-state index contributed by atoms with van der Waals surface area (Å²) in [7, 11) is 0. The molecule has 0 aromatic heterocycles. The Balaban J connectivity index is 2.21. The maximum atomic E-state index is 14.0. The maximum Gasteiger partial charge on any atom is 0.129 e. The predicted octanol–water partition coefficient (Wildman–Crippen LogP) is 3.42. The summed E-state index contributed by atoms with van der Waals surface area (Å²) in [5, 5.41) is 3.24. The number of hydrogen-bond donors (Lipinski definition) is 1. The smallest absolute Gasteiger partial charge is 0.129 e. The average molecular weight is 264 g/mol. The molecule has 0 amide bonds. The summed E-state index contributed by atoms with van der Waals surface area (Å²) in [5.41, 5.74) is 1.88. The molecule has 0 saturated carbocycles. The number of nitrogens with zero attached hydrogens (tertiary/aromatic N) is 1. The average Bonchev–Trinajstić information content (AvgIpc) is 2.40. The lowest BCUT2D eigenvalue weighted by atomic mass is 9.88.